The van der Waals surface area contributed by atoms with E-state index in [4.69, 9.17) is 21.7 Å². The molecule has 1 fully saturated rings. The predicted molar refractivity (Wildman–Crippen MR) is 126 cm³/mol. The van der Waals surface area contributed by atoms with Gasteiger partial charge in [0.15, 0.2) is 0 Å². The normalized spacial score (nSPS) is 22.7. The lowest BCUT2D eigenvalue weighted by atomic mass is 9.96. The second-order valence-corrected chi connectivity index (χ2v) is 13.7. The Morgan fingerprint density at radius 1 is 1.03 bits per heavy atom. The Hall–Kier alpha value is -1.05. The maximum absolute atomic E-state index is 6.98. The molecule has 6 heteroatoms. The number of thioether (sulfide) groups is 1. The van der Waals surface area contributed by atoms with Crippen LogP contribution in [0, 0.1) is 0 Å². The number of ether oxygens (including phenoxy) is 2. The van der Waals surface area contributed by atoms with Crippen LogP contribution in [0.5, 0.6) is 0 Å². The summed E-state index contributed by atoms with van der Waals surface area (Å²) in [6.45, 7) is 7.31. The standard InChI is InChI=1S/C23H31BO3SSi/c1-23(2,3)29(18-11-7-5-8-12-18,19-13-9-6-10-14-19)26-16-21-20(25-17-28-4)15-22(24)27-21/h5-14,20-22H,15-17H2,1-4H3/t20?,21-,22-/m1/s1. The second kappa shape index (κ2) is 9.84. The molecule has 1 unspecified atom stereocenters. The summed E-state index contributed by atoms with van der Waals surface area (Å²) in [6.07, 6.45) is 2.55. The van der Waals surface area contributed by atoms with Gasteiger partial charge in [0.1, 0.15) is 14.0 Å². The molecular weight excluding hydrogens is 395 g/mol. The Bertz CT molecular complexity index is 714. The molecule has 2 aromatic rings. The molecule has 0 aromatic heterocycles. The van der Waals surface area contributed by atoms with Crippen molar-refractivity contribution in [2.45, 2.75) is 50.4 Å². The SMILES string of the molecule is [B][C@H]1CC(OCSC)[C@@H](CO[Si](c2ccccc2)(c2ccccc2)C(C)(C)C)O1. The van der Waals surface area contributed by atoms with Crippen LogP contribution in [0.3, 0.4) is 0 Å². The van der Waals surface area contributed by atoms with Crippen molar-refractivity contribution >= 4 is 38.3 Å². The highest BCUT2D eigenvalue weighted by molar-refractivity contribution is 7.98. The van der Waals surface area contributed by atoms with E-state index in [9.17, 15) is 0 Å². The summed E-state index contributed by atoms with van der Waals surface area (Å²) >= 11 is 1.66. The molecule has 2 radical (unpaired) electrons. The number of rotatable bonds is 8. The summed E-state index contributed by atoms with van der Waals surface area (Å²) in [4.78, 5) is 0. The maximum Gasteiger partial charge on any atom is 0.261 e. The van der Waals surface area contributed by atoms with Gasteiger partial charge in [-0.2, -0.15) is 0 Å². The molecular formula is C23H31BO3SSi. The summed E-state index contributed by atoms with van der Waals surface area (Å²) < 4.78 is 19.0. The van der Waals surface area contributed by atoms with Crippen LogP contribution in [0.4, 0.5) is 0 Å². The lowest BCUT2D eigenvalue weighted by molar-refractivity contribution is -0.0208. The Morgan fingerprint density at radius 3 is 2.07 bits per heavy atom. The molecule has 1 saturated heterocycles. The molecule has 3 atom stereocenters. The van der Waals surface area contributed by atoms with Crippen LogP contribution < -0.4 is 10.4 Å². The zero-order chi connectivity index (χ0) is 20.9. The van der Waals surface area contributed by atoms with Crippen molar-refractivity contribution in [2.75, 3.05) is 18.8 Å². The van der Waals surface area contributed by atoms with E-state index in [0.717, 1.165) is 0 Å². The fourth-order valence-electron chi connectivity index (χ4n) is 4.19. The third-order valence-electron chi connectivity index (χ3n) is 5.51. The molecule has 154 valence electrons. The van der Waals surface area contributed by atoms with Gasteiger partial charge in [-0.25, -0.2) is 0 Å². The number of benzene rings is 2. The van der Waals surface area contributed by atoms with E-state index in [-0.39, 0.29) is 23.2 Å². The summed E-state index contributed by atoms with van der Waals surface area (Å²) in [5.41, 5.74) is 0. The predicted octanol–water partition coefficient (Wildman–Crippen LogP) is 3.55. The fourth-order valence-corrected chi connectivity index (χ4v) is 9.08. The Kier molecular flexibility index (Phi) is 7.68. The quantitative estimate of drug-likeness (QED) is 0.477. The van der Waals surface area contributed by atoms with Crippen LogP contribution in [0.2, 0.25) is 5.04 Å². The molecule has 1 aliphatic heterocycles. The topological polar surface area (TPSA) is 27.7 Å². The van der Waals surface area contributed by atoms with Crippen molar-refractivity contribution in [1.29, 1.82) is 0 Å². The molecule has 1 aliphatic rings. The van der Waals surface area contributed by atoms with Crippen molar-refractivity contribution in [2.24, 2.45) is 0 Å². The smallest absolute Gasteiger partial charge is 0.261 e. The number of hydrogen-bond acceptors (Lipinski definition) is 4. The lowest BCUT2D eigenvalue weighted by Gasteiger charge is -2.43. The van der Waals surface area contributed by atoms with Crippen molar-refractivity contribution in [3.8, 4) is 0 Å². The Balaban J connectivity index is 1.96. The Labute approximate surface area is 182 Å². The summed E-state index contributed by atoms with van der Waals surface area (Å²) in [7, 11) is 3.50. The summed E-state index contributed by atoms with van der Waals surface area (Å²) in [5, 5.41) is 2.47. The molecule has 0 bridgehead atoms. The van der Waals surface area contributed by atoms with Gasteiger partial charge in [0.25, 0.3) is 8.32 Å². The van der Waals surface area contributed by atoms with E-state index in [1.165, 1.54) is 10.4 Å². The van der Waals surface area contributed by atoms with Crippen LogP contribution in [-0.2, 0) is 13.9 Å². The van der Waals surface area contributed by atoms with E-state index >= 15 is 0 Å². The minimum atomic E-state index is -2.58. The van der Waals surface area contributed by atoms with Crippen LogP contribution >= 0.6 is 11.8 Å². The van der Waals surface area contributed by atoms with Gasteiger partial charge in [-0.3, -0.25) is 0 Å². The van der Waals surface area contributed by atoms with Gasteiger partial charge in [-0.1, -0.05) is 81.4 Å². The van der Waals surface area contributed by atoms with E-state index in [2.05, 4.69) is 81.4 Å². The summed E-state index contributed by atoms with van der Waals surface area (Å²) in [6, 6.07) is 21.0. The van der Waals surface area contributed by atoms with Crippen molar-refractivity contribution in [3.05, 3.63) is 60.7 Å². The molecule has 0 saturated carbocycles. The zero-order valence-corrected chi connectivity index (χ0v) is 19.7. The highest BCUT2D eigenvalue weighted by Crippen LogP contribution is 2.37. The van der Waals surface area contributed by atoms with E-state index < -0.39 is 8.32 Å². The average molecular weight is 426 g/mol. The highest BCUT2D eigenvalue weighted by Gasteiger charge is 2.51. The first-order chi connectivity index (χ1) is 13.9. The molecule has 29 heavy (non-hydrogen) atoms. The minimum absolute atomic E-state index is 0.0318. The van der Waals surface area contributed by atoms with Crippen molar-refractivity contribution in [3.63, 3.8) is 0 Å². The molecule has 1 heterocycles. The van der Waals surface area contributed by atoms with Crippen molar-refractivity contribution in [1.82, 2.24) is 0 Å². The van der Waals surface area contributed by atoms with Crippen LogP contribution in [0.15, 0.2) is 60.7 Å². The Morgan fingerprint density at radius 2 is 1.59 bits per heavy atom. The largest absolute Gasteiger partial charge is 0.405 e. The molecule has 0 N–H and O–H groups in total. The van der Waals surface area contributed by atoms with Gasteiger partial charge in [0, 0.05) is 6.00 Å². The first-order valence-electron chi connectivity index (χ1n) is 10.1. The third-order valence-corrected chi connectivity index (χ3v) is 10.9. The minimum Gasteiger partial charge on any atom is -0.405 e. The van der Waals surface area contributed by atoms with Crippen molar-refractivity contribution < 1.29 is 13.9 Å². The molecule has 3 nitrogen and oxygen atoms in total. The van der Waals surface area contributed by atoms with Gasteiger partial charge < -0.3 is 13.9 Å². The average Bonchev–Trinajstić information content (AvgIpc) is 3.07. The summed E-state index contributed by atoms with van der Waals surface area (Å²) in [5.74, 6) is 0.635. The van der Waals surface area contributed by atoms with Gasteiger partial charge >= 0.3 is 0 Å². The second-order valence-electron chi connectivity index (χ2n) is 8.53. The first kappa shape index (κ1) is 22.6. The number of hydrogen-bond donors (Lipinski definition) is 0. The highest BCUT2D eigenvalue weighted by atomic mass is 32.2. The molecule has 0 aliphatic carbocycles. The molecule has 0 spiro atoms. The zero-order valence-electron chi connectivity index (χ0n) is 17.8. The molecule has 3 rings (SSSR count). The molecule has 2 aromatic carbocycles. The van der Waals surface area contributed by atoms with Gasteiger partial charge in [-0.05, 0) is 28.1 Å². The van der Waals surface area contributed by atoms with Crippen LogP contribution in [-0.4, -0.2) is 53.2 Å². The van der Waals surface area contributed by atoms with Crippen LogP contribution in [0.25, 0.3) is 0 Å². The lowest BCUT2D eigenvalue weighted by Crippen LogP contribution is -2.67. The van der Waals surface area contributed by atoms with E-state index in [1.54, 1.807) is 11.8 Å². The first-order valence-corrected chi connectivity index (χ1v) is 13.5. The van der Waals surface area contributed by atoms with E-state index in [0.29, 0.717) is 19.0 Å². The van der Waals surface area contributed by atoms with E-state index in [1.807, 2.05) is 6.26 Å². The monoisotopic (exact) mass is 426 g/mol. The fraction of sp³-hybridized carbons (Fsp3) is 0.478. The maximum atomic E-state index is 6.98. The van der Waals surface area contributed by atoms with Gasteiger partial charge in [0.05, 0.1) is 18.6 Å². The van der Waals surface area contributed by atoms with Crippen LogP contribution in [0.1, 0.15) is 27.2 Å². The molecule has 0 amide bonds. The third kappa shape index (κ3) is 5.00. The van der Waals surface area contributed by atoms with Gasteiger partial charge in [0.2, 0.25) is 0 Å². The van der Waals surface area contributed by atoms with Gasteiger partial charge in [-0.15, -0.1) is 11.8 Å².